The van der Waals surface area contributed by atoms with E-state index in [1.54, 1.807) is 0 Å². The Bertz CT molecular complexity index is 325. The fourth-order valence-electron chi connectivity index (χ4n) is 3.69. The molecule has 0 aliphatic carbocycles. The van der Waals surface area contributed by atoms with E-state index in [-0.39, 0.29) is 6.03 Å². The number of likely N-dealkylation sites (tertiary alicyclic amines) is 2. The third-order valence-corrected chi connectivity index (χ3v) is 4.85. The molecule has 3 heterocycles. The average Bonchev–Trinajstić information content (AvgIpc) is 3.08. The van der Waals surface area contributed by atoms with Gasteiger partial charge in [-0.05, 0) is 39.3 Å². The molecule has 0 spiro atoms. The van der Waals surface area contributed by atoms with Crippen LogP contribution in [-0.4, -0.2) is 78.8 Å². The molecule has 0 aromatic heterocycles. The Labute approximate surface area is 115 Å². The van der Waals surface area contributed by atoms with Crippen LogP contribution in [-0.2, 0) is 4.74 Å². The summed E-state index contributed by atoms with van der Waals surface area (Å²) in [6, 6.07) is 1.15. The first kappa shape index (κ1) is 13.2. The van der Waals surface area contributed by atoms with Crippen LogP contribution in [0.25, 0.3) is 0 Å². The van der Waals surface area contributed by atoms with E-state index < -0.39 is 0 Å². The third-order valence-electron chi connectivity index (χ3n) is 4.85. The molecule has 0 saturated carbocycles. The SMILES string of the molecule is CC1C(N2CCCC2)CCN1C(=O)N1CCOCC1. The maximum Gasteiger partial charge on any atom is 0.320 e. The lowest BCUT2D eigenvalue weighted by Gasteiger charge is -2.35. The van der Waals surface area contributed by atoms with Crippen molar-refractivity contribution in [3.8, 4) is 0 Å². The molecular formula is C14H25N3O2. The quantitative estimate of drug-likeness (QED) is 0.711. The highest BCUT2D eigenvalue weighted by Gasteiger charge is 2.39. The van der Waals surface area contributed by atoms with Crippen LogP contribution in [0.15, 0.2) is 0 Å². The highest BCUT2D eigenvalue weighted by atomic mass is 16.5. The largest absolute Gasteiger partial charge is 0.378 e. The predicted octanol–water partition coefficient (Wildman–Crippen LogP) is 0.997. The molecule has 3 rings (SSSR count). The molecule has 108 valence electrons. The number of rotatable bonds is 1. The minimum absolute atomic E-state index is 0.220. The van der Waals surface area contributed by atoms with E-state index in [4.69, 9.17) is 4.74 Å². The van der Waals surface area contributed by atoms with Gasteiger partial charge in [-0.25, -0.2) is 4.79 Å². The van der Waals surface area contributed by atoms with E-state index in [1.807, 2.05) is 4.90 Å². The molecule has 3 aliphatic rings. The number of amides is 2. The molecule has 19 heavy (non-hydrogen) atoms. The zero-order chi connectivity index (χ0) is 13.2. The van der Waals surface area contributed by atoms with Crippen molar-refractivity contribution >= 4 is 6.03 Å². The number of urea groups is 1. The molecule has 5 nitrogen and oxygen atoms in total. The summed E-state index contributed by atoms with van der Waals surface area (Å²) in [5.41, 5.74) is 0. The zero-order valence-corrected chi connectivity index (χ0v) is 11.9. The molecule has 5 heteroatoms. The Morgan fingerprint density at radius 2 is 1.74 bits per heavy atom. The lowest BCUT2D eigenvalue weighted by Crippen LogP contribution is -2.51. The minimum atomic E-state index is 0.220. The Balaban J connectivity index is 1.60. The van der Waals surface area contributed by atoms with Gasteiger partial charge in [-0.15, -0.1) is 0 Å². The minimum Gasteiger partial charge on any atom is -0.378 e. The molecule has 3 fully saturated rings. The molecule has 0 radical (unpaired) electrons. The Kier molecular flexibility index (Phi) is 3.93. The molecule has 3 saturated heterocycles. The van der Waals surface area contributed by atoms with E-state index in [0.717, 1.165) is 26.1 Å². The van der Waals surface area contributed by atoms with Crippen molar-refractivity contribution < 1.29 is 9.53 Å². The van der Waals surface area contributed by atoms with Crippen molar-refractivity contribution in [2.45, 2.75) is 38.3 Å². The monoisotopic (exact) mass is 267 g/mol. The molecule has 3 aliphatic heterocycles. The van der Waals surface area contributed by atoms with Crippen LogP contribution in [0.5, 0.6) is 0 Å². The smallest absolute Gasteiger partial charge is 0.320 e. The summed E-state index contributed by atoms with van der Waals surface area (Å²) in [7, 11) is 0. The van der Waals surface area contributed by atoms with Crippen molar-refractivity contribution in [3.05, 3.63) is 0 Å². The van der Waals surface area contributed by atoms with Crippen LogP contribution < -0.4 is 0 Å². The number of ether oxygens (including phenoxy) is 1. The molecule has 0 aromatic rings. The van der Waals surface area contributed by atoms with E-state index in [2.05, 4.69) is 16.7 Å². The van der Waals surface area contributed by atoms with Gasteiger partial charge in [0.2, 0.25) is 0 Å². The van der Waals surface area contributed by atoms with Gasteiger partial charge in [0.05, 0.1) is 13.2 Å². The molecule has 2 amide bonds. The van der Waals surface area contributed by atoms with Crippen molar-refractivity contribution in [3.63, 3.8) is 0 Å². The summed E-state index contributed by atoms with van der Waals surface area (Å²) in [5.74, 6) is 0. The van der Waals surface area contributed by atoms with E-state index in [9.17, 15) is 4.79 Å². The van der Waals surface area contributed by atoms with Gasteiger partial charge in [-0.1, -0.05) is 0 Å². The first-order chi connectivity index (χ1) is 9.27. The molecule has 0 bridgehead atoms. The number of carbonyl (C=O) groups excluding carboxylic acids is 1. The predicted molar refractivity (Wildman–Crippen MR) is 73.2 cm³/mol. The topological polar surface area (TPSA) is 36.0 Å². The molecule has 2 atom stereocenters. The van der Waals surface area contributed by atoms with E-state index in [1.165, 1.54) is 25.9 Å². The summed E-state index contributed by atoms with van der Waals surface area (Å²) in [6.45, 7) is 8.43. The van der Waals surface area contributed by atoms with Gasteiger partial charge in [0.15, 0.2) is 0 Å². The summed E-state index contributed by atoms with van der Waals surface area (Å²) in [6.07, 6.45) is 3.78. The standard InChI is InChI=1S/C14H25N3O2/c1-12-13(15-5-2-3-6-15)4-7-17(12)14(18)16-8-10-19-11-9-16/h12-13H,2-11H2,1H3. The number of hydrogen-bond donors (Lipinski definition) is 0. The van der Waals surface area contributed by atoms with Crippen LogP contribution in [0, 0.1) is 0 Å². The van der Waals surface area contributed by atoms with Gasteiger partial charge in [0.1, 0.15) is 0 Å². The van der Waals surface area contributed by atoms with Gasteiger partial charge >= 0.3 is 6.03 Å². The Morgan fingerprint density at radius 1 is 1.05 bits per heavy atom. The van der Waals surface area contributed by atoms with Crippen molar-refractivity contribution in [1.82, 2.24) is 14.7 Å². The van der Waals surface area contributed by atoms with Crippen molar-refractivity contribution in [2.24, 2.45) is 0 Å². The third kappa shape index (κ3) is 2.58. The van der Waals surface area contributed by atoms with Gasteiger partial charge in [0, 0.05) is 31.7 Å². The van der Waals surface area contributed by atoms with Gasteiger partial charge in [-0.3, -0.25) is 4.90 Å². The first-order valence-electron chi connectivity index (χ1n) is 7.65. The highest BCUT2D eigenvalue weighted by molar-refractivity contribution is 5.75. The van der Waals surface area contributed by atoms with E-state index >= 15 is 0 Å². The fraction of sp³-hybridized carbons (Fsp3) is 0.929. The normalized spacial score (nSPS) is 33.1. The summed E-state index contributed by atoms with van der Waals surface area (Å²) in [4.78, 5) is 19.2. The Hall–Kier alpha value is -0.810. The Morgan fingerprint density at radius 3 is 2.42 bits per heavy atom. The second-order valence-electron chi connectivity index (χ2n) is 5.92. The number of nitrogens with zero attached hydrogens (tertiary/aromatic N) is 3. The fourth-order valence-corrected chi connectivity index (χ4v) is 3.69. The number of carbonyl (C=O) groups is 1. The van der Waals surface area contributed by atoms with Crippen LogP contribution in [0.1, 0.15) is 26.2 Å². The molecule has 0 N–H and O–H groups in total. The van der Waals surface area contributed by atoms with Crippen molar-refractivity contribution in [2.75, 3.05) is 45.9 Å². The lowest BCUT2D eigenvalue weighted by atomic mass is 10.1. The van der Waals surface area contributed by atoms with E-state index in [0.29, 0.717) is 25.3 Å². The lowest BCUT2D eigenvalue weighted by molar-refractivity contribution is 0.0412. The second-order valence-corrected chi connectivity index (χ2v) is 5.92. The first-order valence-corrected chi connectivity index (χ1v) is 7.65. The summed E-state index contributed by atoms with van der Waals surface area (Å²) >= 11 is 0. The van der Waals surface area contributed by atoms with Crippen molar-refractivity contribution in [1.29, 1.82) is 0 Å². The molecule has 0 aromatic carbocycles. The molecule has 2 unspecified atom stereocenters. The summed E-state index contributed by atoms with van der Waals surface area (Å²) < 4.78 is 5.32. The second kappa shape index (κ2) is 5.67. The zero-order valence-electron chi connectivity index (χ0n) is 11.9. The van der Waals surface area contributed by atoms with Crippen LogP contribution in [0.3, 0.4) is 0 Å². The highest BCUT2D eigenvalue weighted by Crippen LogP contribution is 2.27. The average molecular weight is 267 g/mol. The van der Waals surface area contributed by atoms with Crippen LogP contribution in [0.4, 0.5) is 4.79 Å². The number of hydrogen-bond acceptors (Lipinski definition) is 3. The van der Waals surface area contributed by atoms with Crippen LogP contribution >= 0.6 is 0 Å². The molecular weight excluding hydrogens is 242 g/mol. The maximum absolute atomic E-state index is 12.5. The van der Waals surface area contributed by atoms with Gasteiger partial charge in [-0.2, -0.15) is 0 Å². The van der Waals surface area contributed by atoms with Crippen LogP contribution in [0.2, 0.25) is 0 Å². The van der Waals surface area contributed by atoms with Gasteiger partial charge in [0.25, 0.3) is 0 Å². The maximum atomic E-state index is 12.5. The number of morpholine rings is 1. The summed E-state index contributed by atoms with van der Waals surface area (Å²) in [5, 5.41) is 0. The van der Waals surface area contributed by atoms with Gasteiger partial charge < -0.3 is 14.5 Å².